The number of unbranched alkanes of at least 4 members (excludes halogenated alkanes) is 20. The Hall–Kier alpha value is -3.53. The van der Waals surface area contributed by atoms with E-state index in [0.717, 1.165) is 122 Å². The quantitative estimate of drug-likeness (QED) is 0.0146. The monoisotopic (exact) mass is 1210 g/mol. The molecule has 478 valence electrons. The SMILES string of the molecule is CC/C=C\C/C=C\C/C=C\C/C=C\C/C=C\CCCC(=O)OCC(O)COP(=O)(O)OCC(O)COP(=O)(O)OCC(COC(=O)CCCCCCCCC/C=C\C/C=C\C/C=C\CC)OC(=O)CCCCCCCCCCCCCCC. The van der Waals surface area contributed by atoms with E-state index in [0.29, 0.717) is 25.7 Å². The third-order valence-corrected chi connectivity index (χ3v) is 14.7. The molecule has 16 nitrogen and oxygen atoms in total. The molecule has 0 fully saturated rings. The number of hydrogen-bond donors (Lipinski definition) is 4. The number of aliphatic hydroxyl groups excluding tert-OH is 2. The van der Waals surface area contributed by atoms with Gasteiger partial charge in [0, 0.05) is 19.3 Å². The summed E-state index contributed by atoms with van der Waals surface area (Å²) in [5, 5.41) is 20.5. The number of carbonyl (C=O) groups excluding carboxylic acids is 3. The molecule has 0 bridgehead atoms. The van der Waals surface area contributed by atoms with Gasteiger partial charge in [-0.3, -0.25) is 32.5 Å². The van der Waals surface area contributed by atoms with Crippen LogP contribution in [0.1, 0.15) is 239 Å². The lowest BCUT2D eigenvalue weighted by molar-refractivity contribution is -0.161. The predicted octanol–water partition coefficient (Wildman–Crippen LogP) is 16.7. The average Bonchev–Trinajstić information content (AvgIpc) is 3.46. The van der Waals surface area contributed by atoms with Crippen molar-refractivity contribution in [3.8, 4) is 0 Å². The summed E-state index contributed by atoms with van der Waals surface area (Å²) >= 11 is 0. The second-order valence-electron chi connectivity index (χ2n) is 20.8. The van der Waals surface area contributed by atoms with E-state index in [1.165, 1.54) is 51.4 Å². The van der Waals surface area contributed by atoms with Crippen LogP contribution in [-0.2, 0) is 55.8 Å². The smallest absolute Gasteiger partial charge is 0.463 e. The summed E-state index contributed by atoms with van der Waals surface area (Å²) in [7, 11) is -9.78. The van der Waals surface area contributed by atoms with Gasteiger partial charge in [-0.05, 0) is 89.9 Å². The Labute approximate surface area is 501 Å². The minimum absolute atomic E-state index is 0.103. The summed E-state index contributed by atoms with van der Waals surface area (Å²) in [5.74, 6) is -1.64. The molecule has 83 heavy (non-hydrogen) atoms. The second kappa shape index (κ2) is 58.8. The maximum Gasteiger partial charge on any atom is 0.472 e. The summed E-state index contributed by atoms with van der Waals surface area (Å²) in [4.78, 5) is 58.2. The highest BCUT2D eigenvalue weighted by Gasteiger charge is 2.29. The van der Waals surface area contributed by atoms with E-state index in [1.807, 2.05) is 12.2 Å². The van der Waals surface area contributed by atoms with Crippen molar-refractivity contribution < 1.29 is 75.8 Å². The lowest BCUT2D eigenvalue weighted by Crippen LogP contribution is -2.30. The van der Waals surface area contributed by atoms with Crippen LogP contribution in [0.4, 0.5) is 0 Å². The van der Waals surface area contributed by atoms with Crippen LogP contribution < -0.4 is 0 Å². The first-order valence-corrected chi connectivity index (χ1v) is 34.5. The standard InChI is InChI=1S/C65H112O16P2/c1-4-7-10-13-16-19-22-25-27-29-31-34-36-39-42-45-48-51-63(68)75-54-60(66)55-77-82(71,72)78-56-61(67)57-79-83(73,74)80-59-62(81-65(70)53-50-47-44-41-38-33-24-21-18-15-12-9-6-3)58-76-64(69)52-49-46-43-40-37-35-32-30-28-26-23-20-17-14-11-8-5-2/h7-8,10-11,16-17,19-20,25-28,31,34,39,42,60-62,66-67H,4-6,9,12-15,18,21-24,29-30,32-33,35-38,40-41,43-59H2,1-3H3,(H,71,72)(H,73,74)/b10-7-,11-8-,19-16-,20-17-,27-25-,28-26-,34-31-,42-39-. The first-order chi connectivity index (χ1) is 40.2. The molecule has 0 amide bonds. The highest BCUT2D eigenvalue weighted by molar-refractivity contribution is 7.47. The Morgan fingerprint density at radius 3 is 1.06 bits per heavy atom. The Morgan fingerprint density at radius 2 is 0.651 bits per heavy atom. The van der Waals surface area contributed by atoms with E-state index in [1.54, 1.807) is 0 Å². The molecule has 18 heteroatoms. The molecule has 0 heterocycles. The average molecular weight is 1210 g/mol. The number of rotatable bonds is 59. The van der Waals surface area contributed by atoms with Crippen molar-refractivity contribution in [2.75, 3.05) is 39.6 Å². The van der Waals surface area contributed by atoms with Gasteiger partial charge in [-0.2, -0.15) is 0 Å². The zero-order chi connectivity index (χ0) is 61.0. The normalized spacial score (nSPS) is 15.0. The van der Waals surface area contributed by atoms with Crippen molar-refractivity contribution in [1.29, 1.82) is 0 Å². The number of esters is 3. The van der Waals surface area contributed by atoms with Gasteiger partial charge in [0.25, 0.3) is 0 Å². The third-order valence-electron chi connectivity index (χ3n) is 12.8. The molecule has 0 saturated heterocycles. The lowest BCUT2D eigenvalue weighted by atomic mass is 10.0. The van der Waals surface area contributed by atoms with Crippen LogP contribution >= 0.6 is 15.6 Å². The van der Waals surface area contributed by atoms with Crippen LogP contribution in [0.5, 0.6) is 0 Å². The molecule has 0 aliphatic carbocycles. The Kier molecular flexibility index (Phi) is 56.3. The highest BCUT2D eigenvalue weighted by Crippen LogP contribution is 2.45. The van der Waals surface area contributed by atoms with Gasteiger partial charge in [0.05, 0.1) is 26.4 Å². The number of allylic oxidation sites excluding steroid dienone is 16. The van der Waals surface area contributed by atoms with E-state index in [9.17, 15) is 43.5 Å². The molecule has 0 spiro atoms. The van der Waals surface area contributed by atoms with Crippen LogP contribution in [-0.4, -0.2) is 95.9 Å². The van der Waals surface area contributed by atoms with Crippen LogP contribution in [0.2, 0.25) is 0 Å². The van der Waals surface area contributed by atoms with Gasteiger partial charge in [0.15, 0.2) is 6.10 Å². The van der Waals surface area contributed by atoms with Crippen LogP contribution in [0.15, 0.2) is 97.2 Å². The maximum absolute atomic E-state index is 12.9. The zero-order valence-corrected chi connectivity index (χ0v) is 53.1. The third kappa shape index (κ3) is 60.0. The number of phosphoric acid groups is 2. The fourth-order valence-electron chi connectivity index (χ4n) is 8.03. The second-order valence-corrected chi connectivity index (χ2v) is 23.7. The number of aliphatic hydroxyl groups is 2. The van der Waals surface area contributed by atoms with Crippen LogP contribution in [0, 0.1) is 0 Å². The van der Waals surface area contributed by atoms with Gasteiger partial charge >= 0.3 is 33.6 Å². The van der Waals surface area contributed by atoms with Gasteiger partial charge in [0.2, 0.25) is 0 Å². The summed E-state index contributed by atoms with van der Waals surface area (Å²) in [6.45, 7) is 2.35. The predicted molar refractivity (Wildman–Crippen MR) is 334 cm³/mol. The van der Waals surface area contributed by atoms with E-state index in [2.05, 4.69) is 106 Å². The Morgan fingerprint density at radius 1 is 0.349 bits per heavy atom. The maximum atomic E-state index is 12.9. The summed E-state index contributed by atoms with van der Waals surface area (Å²) in [5.41, 5.74) is 0. The molecule has 0 aliphatic rings. The molecule has 0 saturated carbocycles. The fourth-order valence-corrected chi connectivity index (χ4v) is 9.62. The molecule has 0 aromatic heterocycles. The van der Waals surface area contributed by atoms with Crippen LogP contribution in [0.3, 0.4) is 0 Å². The Balaban J connectivity index is 4.73. The topological polar surface area (TPSA) is 231 Å². The van der Waals surface area contributed by atoms with Crippen molar-refractivity contribution in [2.24, 2.45) is 0 Å². The summed E-state index contributed by atoms with van der Waals surface area (Å²) < 4.78 is 60.7. The van der Waals surface area contributed by atoms with E-state index < -0.39 is 91.5 Å². The molecule has 5 atom stereocenters. The minimum Gasteiger partial charge on any atom is -0.463 e. The largest absolute Gasteiger partial charge is 0.472 e. The molecular weight excluding hydrogens is 1100 g/mol. The fraction of sp³-hybridized carbons (Fsp3) is 0.708. The number of hydrogen-bond acceptors (Lipinski definition) is 14. The lowest BCUT2D eigenvalue weighted by Gasteiger charge is -2.21. The molecule has 0 aromatic rings. The Bertz CT molecular complexity index is 1910. The molecule has 0 rings (SSSR count). The molecule has 0 aliphatic heterocycles. The van der Waals surface area contributed by atoms with Gasteiger partial charge in [0.1, 0.15) is 25.4 Å². The minimum atomic E-state index is -4.92. The van der Waals surface area contributed by atoms with Crippen molar-refractivity contribution in [3.63, 3.8) is 0 Å². The molecule has 0 aromatic carbocycles. The van der Waals surface area contributed by atoms with Crippen molar-refractivity contribution >= 4 is 33.6 Å². The van der Waals surface area contributed by atoms with Gasteiger partial charge in [-0.15, -0.1) is 0 Å². The molecule has 5 unspecified atom stereocenters. The highest BCUT2D eigenvalue weighted by atomic mass is 31.2. The summed E-state index contributed by atoms with van der Waals surface area (Å²) in [6.07, 6.45) is 61.9. The molecular formula is C65H112O16P2. The van der Waals surface area contributed by atoms with Crippen LogP contribution in [0.25, 0.3) is 0 Å². The first kappa shape index (κ1) is 79.5. The molecule has 4 N–H and O–H groups in total. The van der Waals surface area contributed by atoms with E-state index >= 15 is 0 Å². The van der Waals surface area contributed by atoms with Gasteiger partial charge in [-0.25, -0.2) is 9.13 Å². The number of ether oxygens (including phenoxy) is 3. The zero-order valence-electron chi connectivity index (χ0n) is 51.3. The van der Waals surface area contributed by atoms with Gasteiger partial charge in [-0.1, -0.05) is 227 Å². The summed E-state index contributed by atoms with van der Waals surface area (Å²) in [6, 6.07) is 0. The number of phosphoric ester groups is 2. The van der Waals surface area contributed by atoms with Crippen molar-refractivity contribution in [1.82, 2.24) is 0 Å². The number of carbonyl (C=O) groups is 3. The first-order valence-electron chi connectivity index (χ1n) is 31.5. The van der Waals surface area contributed by atoms with E-state index in [-0.39, 0.29) is 19.3 Å². The molecule has 0 radical (unpaired) electrons. The van der Waals surface area contributed by atoms with E-state index in [4.69, 9.17) is 32.3 Å². The van der Waals surface area contributed by atoms with Crippen molar-refractivity contribution in [3.05, 3.63) is 97.2 Å². The van der Waals surface area contributed by atoms with Crippen molar-refractivity contribution in [2.45, 2.75) is 257 Å². The van der Waals surface area contributed by atoms with Gasteiger partial charge < -0.3 is 34.2 Å².